The van der Waals surface area contributed by atoms with Crippen molar-refractivity contribution in [2.75, 3.05) is 0 Å². The largest absolute Gasteiger partial charge is 0.350 e. The van der Waals surface area contributed by atoms with Gasteiger partial charge < -0.3 is 15.5 Å². The molecule has 4 rings (SSSR count). The topological polar surface area (TPSA) is 125 Å². The Labute approximate surface area is 223 Å². The molecule has 2 aromatic carbocycles. The molecule has 37 heavy (non-hydrogen) atoms. The molecule has 1 saturated heterocycles. The number of piperidine rings is 1. The van der Waals surface area contributed by atoms with Crippen molar-refractivity contribution in [2.24, 2.45) is 0 Å². The van der Waals surface area contributed by atoms with Crippen molar-refractivity contribution >= 4 is 45.5 Å². The molecule has 0 bridgehead atoms. The second kappa shape index (κ2) is 11.7. The smallest absolute Gasteiger partial charge is 0.255 e. The van der Waals surface area contributed by atoms with E-state index in [-0.39, 0.29) is 30.0 Å². The van der Waals surface area contributed by atoms with E-state index in [0.29, 0.717) is 44.3 Å². The van der Waals surface area contributed by atoms with Gasteiger partial charge in [0, 0.05) is 36.5 Å². The van der Waals surface area contributed by atoms with Gasteiger partial charge >= 0.3 is 0 Å². The van der Waals surface area contributed by atoms with Gasteiger partial charge in [-0.3, -0.25) is 29.3 Å². The summed E-state index contributed by atoms with van der Waals surface area (Å²) < 4.78 is 0.919. The fourth-order valence-corrected chi connectivity index (χ4v) is 5.30. The van der Waals surface area contributed by atoms with Crippen molar-refractivity contribution in [1.82, 2.24) is 20.9 Å². The molecule has 9 nitrogen and oxygen atoms in total. The number of hydrogen-bond donors (Lipinski definition) is 3. The maximum absolute atomic E-state index is 13.0. The van der Waals surface area contributed by atoms with Crippen molar-refractivity contribution in [3.8, 4) is 0 Å². The number of halogens is 1. The number of aryl methyl sites for hydroxylation is 1. The van der Waals surface area contributed by atoms with E-state index < -0.39 is 18.0 Å². The van der Waals surface area contributed by atoms with Crippen molar-refractivity contribution in [3.63, 3.8) is 0 Å². The summed E-state index contributed by atoms with van der Waals surface area (Å²) in [5.41, 5.74) is 3.34. The Kier molecular flexibility index (Phi) is 8.38. The molecule has 2 aliphatic rings. The highest BCUT2D eigenvalue weighted by atomic mass is 79.9. The molecule has 2 aliphatic heterocycles. The van der Waals surface area contributed by atoms with E-state index in [9.17, 15) is 24.0 Å². The lowest BCUT2D eigenvalue weighted by molar-refractivity contribution is -0.137. The molecule has 2 atom stereocenters. The van der Waals surface area contributed by atoms with E-state index in [0.717, 1.165) is 21.2 Å². The van der Waals surface area contributed by atoms with Gasteiger partial charge in [-0.05, 0) is 60.6 Å². The molecule has 2 heterocycles. The molecular weight excluding hydrogens is 540 g/mol. The Morgan fingerprint density at radius 2 is 1.95 bits per heavy atom. The highest BCUT2D eigenvalue weighted by molar-refractivity contribution is 9.10. The van der Waals surface area contributed by atoms with Crippen LogP contribution in [0.25, 0.3) is 0 Å². The maximum atomic E-state index is 13.0. The van der Waals surface area contributed by atoms with Crippen LogP contribution in [-0.2, 0) is 38.7 Å². The lowest BCUT2D eigenvalue weighted by Gasteiger charge is -2.29. The standard InChI is InChI=1S/C27H29BrN4O5/c1-16(33)30-22(25(35)29-14-17-5-2-8-19(28)13-17)10-4-7-18-6-3-9-20-21(18)15-32(27(20)37)23-11-12-24(34)31-26(23)36/h2-3,5-6,8-9,13,22-23H,4,7,10-12,14-15H2,1H3,(H,29,35)(H,30,33)(H,31,34,36)/t22-,23?/m0/s1. The van der Waals surface area contributed by atoms with E-state index in [1.807, 2.05) is 36.4 Å². The van der Waals surface area contributed by atoms with Gasteiger partial charge in [0.25, 0.3) is 5.91 Å². The first-order valence-electron chi connectivity index (χ1n) is 12.3. The first kappa shape index (κ1) is 26.5. The van der Waals surface area contributed by atoms with E-state index in [4.69, 9.17) is 0 Å². The monoisotopic (exact) mass is 568 g/mol. The summed E-state index contributed by atoms with van der Waals surface area (Å²) in [6.45, 7) is 2.03. The van der Waals surface area contributed by atoms with Gasteiger partial charge in [0.05, 0.1) is 0 Å². The first-order chi connectivity index (χ1) is 17.7. The predicted octanol–water partition coefficient (Wildman–Crippen LogP) is 2.35. The summed E-state index contributed by atoms with van der Waals surface area (Å²) in [7, 11) is 0. The van der Waals surface area contributed by atoms with Crippen LogP contribution in [0.5, 0.6) is 0 Å². The normalized spacial score (nSPS) is 17.7. The second-order valence-electron chi connectivity index (χ2n) is 9.34. The number of benzene rings is 2. The minimum Gasteiger partial charge on any atom is -0.350 e. The lowest BCUT2D eigenvalue weighted by atomic mass is 9.97. The van der Waals surface area contributed by atoms with Crippen LogP contribution in [0.4, 0.5) is 0 Å². The summed E-state index contributed by atoms with van der Waals surface area (Å²) in [4.78, 5) is 63.0. The number of fused-ring (bicyclic) bond motifs is 1. The van der Waals surface area contributed by atoms with Crippen LogP contribution < -0.4 is 16.0 Å². The van der Waals surface area contributed by atoms with Crippen molar-refractivity contribution in [1.29, 1.82) is 0 Å². The van der Waals surface area contributed by atoms with Crippen LogP contribution in [0.2, 0.25) is 0 Å². The molecule has 10 heteroatoms. The van der Waals surface area contributed by atoms with Crippen LogP contribution in [0, 0.1) is 0 Å². The van der Waals surface area contributed by atoms with Gasteiger partial charge in [0.1, 0.15) is 12.1 Å². The molecular formula is C27H29BrN4O5. The third kappa shape index (κ3) is 6.43. The summed E-state index contributed by atoms with van der Waals surface area (Å²) in [6, 6.07) is 11.8. The van der Waals surface area contributed by atoms with E-state index in [1.54, 1.807) is 6.07 Å². The zero-order chi connectivity index (χ0) is 26.5. The van der Waals surface area contributed by atoms with Gasteiger partial charge in [0.15, 0.2) is 0 Å². The predicted molar refractivity (Wildman–Crippen MR) is 139 cm³/mol. The highest BCUT2D eigenvalue weighted by Gasteiger charge is 2.39. The Bertz CT molecular complexity index is 1250. The lowest BCUT2D eigenvalue weighted by Crippen LogP contribution is -2.52. The molecule has 194 valence electrons. The molecule has 1 unspecified atom stereocenters. The number of carbonyl (C=O) groups excluding carboxylic acids is 5. The number of carbonyl (C=O) groups is 5. The molecule has 1 fully saturated rings. The summed E-state index contributed by atoms with van der Waals surface area (Å²) in [5.74, 6) is -1.51. The number of nitrogens with zero attached hydrogens (tertiary/aromatic N) is 1. The highest BCUT2D eigenvalue weighted by Crippen LogP contribution is 2.30. The van der Waals surface area contributed by atoms with Crippen molar-refractivity contribution < 1.29 is 24.0 Å². The van der Waals surface area contributed by atoms with Crippen LogP contribution in [0.1, 0.15) is 59.7 Å². The quantitative estimate of drug-likeness (QED) is 0.400. The number of imide groups is 1. The van der Waals surface area contributed by atoms with Gasteiger partial charge in [-0.25, -0.2) is 0 Å². The van der Waals surface area contributed by atoms with Crippen molar-refractivity contribution in [2.45, 2.75) is 64.2 Å². The third-order valence-corrected chi connectivity index (χ3v) is 7.16. The SMILES string of the molecule is CC(=O)N[C@@H](CCCc1cccc2c1CN(C1CCC(=O)NC1=O)C2=O)C(=O)NCc1cccc(Br)c1. The maximum Gasteiger partial charge on any atom is 0.255 e. The number of amides is 5. The Balaban J connectivity index is 1.38. The Morgan fingerprint density at radius 1 is 1.16 bits per heavy atom. The third-order valence-electron chi connectivity index (χ3n) is 6.67. The molecule has 3 N–H and O–H groups in total. The zero-order valence-electron chi connectivity index (χ0n) is 20.5. The molecule has 5 amide bonds. The minimum atomic E-state index is -0.678. The summed E-state index contributed by atoms with van der Waals surface area (Å²) in [5, 5.41) is 7.94. The average Bonchev–Trinajstić information content (AvgIpc) is 3.18. The van der Waals surface area contributed by atoms with Crippen molar-refractivity contribution in [3.05, 3.63) is 69.2 Å². The number of rotatable bonds is 9. The second-order valence-corrected chi connectivity index (χ2v) is 10.3. The molecule has 0 radical (unpaired) electrons. The fraction of sp³-hybridized carbons (Fsp3) is 0.370. The van der Waals surface area contributed by atoms with Crippen LogP contribution in [0.3, 0.4) is 0 Å². The van der Waals surface area contributed by atoms with E-state index in [2.05, 4.69) is 31.9 Å². The molecule has 0 saturated carbocycles. The number of nitrogens with one attached hydrogen (secondary N) is 3. The molecule has 0 aromatic heterocycles. The average molecular weight is 569 g/mol. The van der Waals surface area contributed by atoms with Gasteiger partial charge in [-0.15, -0.1) is 0 Å². The summed E-state index contributed by atoms with van der Waals surface area (Å²) in [6.07, 6.45) is 2.16. The minimum absolute atomic E-state index is 0.206. The Hall–Kier alpha value is -3.53. The molecule has 2 aromatic rings. The van der Waals surface area contributed by atoms with Gasteiger partial charge in [-0.1, -0.05) is 40.2 Å². The summed E-state index contributed by atoms with van der Waals surface area (Å²) >= 11 is 3.42. The molecule has 0 spiro atoms. The fourth-order valence-electron chi connectivity index (χ4n) is 4.85. The van der Waals surface area contributed by atoms with Crippen LogP contribution >= 0.6 is 15.9 Å². The van der Waals surface area contributed by atoms with Gasteiger partial charge in [-0.2, -0.15) is 0 Å². The van der Waals surface area contributed by atoms with E-state index in [1.165, 1.54) is 11.8 Å². The zero-order valence-corrected chi connectivity index (χ0v) is 22.1. The van der Waals surface area contributed by atoms with Gasteiger partial charge in [0.2, 0.25) is 23.6 Å². The first-order valence-corrected chi connectivity index (χ1v) is 13.1. The molecule has 0 aliphatic carbocycles. The van der Waals surface area contributed by atoms with Crippen LogP contribution in [0.15, 0.2) is 46.9 Å². The van der Waals surface area contributed by atoms with E-state index >= 15 is 0 Å². The van der Waals surface area contributed by atoms with Crippen LogP contribution in [-0.4, -0.2) is 46.5 Å². The Morgan fingerprint density at radius 3 is 2.68 bits per heavy atom. The number of hydrogen-bond acceptors (Lipinski definition) is 5.